The van der Waals surface area contributed by atoms with Crippen LogP contribution in [0.15, 0.2) is 53.8 Å². The van der Waals surface area contributed by atoms with E-state index in [9.17, 15) is 0 Å². The van der Waals surface area contributed by atoms with Crippen molar-refractivity contribution in [1.29, 1.82) is 0 Å². The van der Waals surface area contributed by atoms with E-state index < -0.39 is 0 Å². The van der Waals surface area contributed by atoms with Crippen molar-refractivity contribution in [2.45, 2.75) is 17.3 Å². The molecule has 5 heteroatoms. The zero-order valence-electron chi connectivity index (χ0n) is 10.3. The molecule has 1 aromatic carbocycles. The van der Waals surface area contributed by atoms with Gasteiger partial charge in [0.2, 0.25) is 0 Å². The van der Waals surface area contributed by atoms with E-state index in [-0.39, 0.29) is 5.25 Å². The third-order valence-corrected chi connectivity index (χ3v) is 4.35. The molecule has 19 heavy (non-hydrogen) atoms. The molecule has 96 valence electrons. The molecular formula is C14H12ClN3S. The summed E-state index contributed by atoms with van der Waals surface area (Å²) < 4.78 is 1.98. The molecule has 0 N–H and O–H groups in total. The highest BCUT2D eigenvalue weighted by molar-refractivity contribution is 7.99. The van der Waals surface area contributed by atoms with Gasteiger partial charge in [0.15, 0.2) is 10.8 Å². The van der Waals surface area contributed by atoms with E-state index in [1.807, 2.05) is 53.1 Å². The van der Waals surface area contributed by atoms with E-state index in [2.05, 4.69) is 17.1 Å². The molecule has 0 saturated carbocycles. The number of halogens is 1. The van der Waals surface area contributed by atoms with Gasteiger partial charge in [-0.2, -0.15) is 0 Å². The molecule has 3 nitrogen and oxygen atoms in total. The van der Waals surface area contributed by atoms with Crippen LogP contribution >= 0.6 is 23.4 Å². The number of pyridine rings is 1. The summed E-state index contributed by atoms with van der Waals surface area (Å²) in [5, 5.41) is 10.3. The van der Waals surface area contributed by atoms with Crippen molar-refractivity contribution < 1.29 is 0 Å². The first-order chi connectivity index (χ1) is 9.25. The summed E-state index contributed by atoms with van der Waals surface area (Å²) in [4.78, 5) is 0. The molecule has 1 unspecified atom stereocenters. The first-order valence-electron chi connectivity index (χ1n) is 5.96. The van der Waals surface area contributed by atoms with Crippen molar-refractivity contribution in [2.75, 3.05) is 0 Å². The Morgan fingerprint density at radius 1 is 1.11 bits per heavy atom. The predicted octanol–water partition coefficient (Wildman–Crippen LogP) is 4.24. The number of nitrogens with zero attached hydrogens (tertiary/aromatic N) is 3. The minimum atomic E-state index is 0.223. The van der Waals surface area contributed by atoms with Crippen LogP contribution in [0.5, 0.6) is 0 Å². The molecule has 2 heterocycles. The van der Waals surface area contributed by atoms with Crippen molar-refractivity contribution in [2.24, 2.45) is 0 Å². The molecule has 3 aromatic rings. The zero-order chi connectivity index (χ0) is 13.2. The van der Waals surface area contributed by atoms with Crippen molar-refractivity contribution in [3.05, 3.63) is 59.2 Å². The minimum absolute atomic E-state index is 0.223. The fourth-order valence-corrected chi connectivity index (χ4v) is 3.29. The Kier molecular flexibility index (Phi) is 3.44. The van der Waals surface area contributed by atoms with Crippen LogP contribution in [0.1, 0.15) is 17.7 Å². The van der Waals surface area contributed by atoms with Crippen molar-refractivity contribution >= 4 is 29.0 Å². The second-order valence-corrected chi connectivity index (χ2v) is 5.91. The Balaban J connectivity index is 1.91. The average molecular weight is 290 g/mol. The Bertz CT molecular complexity index is 710. The van der Waals surface area contributed by atoms with E-state index >= 15 is 0 Å². The van der Waals surface area contributed by atoms with Gasteiger partial charge >= 0.3 is 0 Å². The molecule has 0 aliphatic heterocycles. The van der Waals surface area contributed by atoms with E-state index in [4.69, 9.17) is 11.6 Å². The fraction of sp³-hybridized carbons (Fsp3) is 0.143. The van der Waals surface area contributed by atoms with Crippen LogP contribution in [0, 0.1) is 0 Å². The molecule has 2 aromatic heterocycles. The lowest BCUT2D eigenvalue weighted by Crippen LogP contribution is -1.93. The lowest BCUT2D eigenvalue weighted by molar-refractivity contribution is 0.911. The molecule has 3 rings (SSSR count). The van der Waals surface area contributed by atoms with Crippen LogP contribution in [-0.2, 0) is 0 Å². The van der Waals surface area contributed by atoms with Crippen LogP contribution in [0.3, 0.4) is 0 Å². The summed E-state index contributed by atoms with van der Waals surface area (Å²) >= 11 is 7.87. The van der Waals surface area contributed by atoms with E-state index in [1.54, 1.807) is 11.8 Å². The molecule has 0 aliphatic carbocycles. The molecule has 0 aliphatic rings. The first kappa shape index (κ1) is 12.5. The van der Waals surface area contributed by atoms with Gasteiger partial charge in [0.1, 0.15) is 0 Å². The summed E-state index contributed by atoms with van der Waals surface area (Å²) in [6.07, 6.45) is 1.97. The van der Waals surface area contributed by atoms with Gasteiger partial charge < -0.3 is 0 Å². The Morgan fingerprint density at radius 2 is 1.89 bits per heavy atom. The first-order valence-corrected chi connectivity index (χ1v) is 7.22. The summed E-state index contributed by atoms with van der Waals surface area (Å²) in [5.74, 6) is 0. The number of hydrogen-bond donors (Lipinski definition) is 0. The second kappa shape index (κ2) is 5.23. The van der Waals surface area contributed by atoms with E-state index in [0.29, 0.717) is 0 Å². The van der Waals surface area contributed by atoms with E-state index in [1.165, 1.54) is 0 Å². The van der Waals surface area contributed by atoms with Crippen LogP contribution in [0.4, 0.5) is 0 Å². The average Bonchev–Trinajstić information content (AvgIpc) is 2.83. The van der Waals surface area contributed by atoms with Gasteiger partial charge in [-0.15, -0.1) is 10.2 Å². The van der Waals surface area contributed by atoms with Gasteiger partial charge in [-0.05, 0) is 30.7 Å². The highest BCUT2D eigenvalue weighted by Crippen LogP contribution is 2.36. The van der Waals surface area contributed by atoms with Crippen LogP contribution in [0.2, 0.25) is 5.02 Å². The fourth-order valence-electron chi connectivity index (χ4n) is 1.93. The van der Waals surface area contributed by atoms with Gasteiger partial charge in [-0.25, -0.2) is 0 Å². The summed E-state index contributed by atoms with van der Waals surface area (Å²) in [7, 11) is 0. The van der Waals surface area contributed by atoms with Crippen molar-refractivity contribution in [3.8, 4) is 0 Å². The maximum absolute atomic E-state index is 6.22. The van der Waals surface area contributed by atoms with Gasteiger partial charge in [0, 0.05) is 16.5 Å². The number of rotatable bonds is 3. The number of thioether (sulfide) groups is 1. The third-order valence-electron chi connectivity index (χ3n) is 2.91. The highest BCUT2D eigenvalue weighted by atomic mass is 35.5. The number of aromatic nitrogens is 3. The summed E-state index contributed by atoms with van der Waals surface area (Å²) in [5.41, 5.74) is 1.97. The van der Waals surface area contributed by atoms with Gasteiger partial charge in [-0.1, -0.05) is 47.6 Å². The number of benzene rings is 1. The molecule has 1 atom stereocenters. The standard InChI is InChI=1S/C14H12ClN3S/c1-10(11-6-2-3-7-12(11)15)19-14-17-16-13-8-4-5-9-18(13)14/h2-10H,1H3. The normalized spacial score (nSPS) is 12.7. The molecule has 0 amide bonds. The molecule has 0 radical (unpaired) electrons. The second-order valence-electron chi connectivity index (χ2n) is 4.19. The Morgan fingerprint density at radius 3 is 2.74 bits per heavy atom. The maximum atomic E-state index is 6.22. The third kappa shape index (κ3) is 2.46. The van der Waals surface area contributed by atoms with Crippen LogP contribution in [0.25, 0.3) is 5.65 Å². The lowest BCUT2D eigenvalue weighted by atomic mass is 10.2. The highest BCUT2D eigenvalue weighted by Gasteiger charge is 2.14. The SMILES string of the molecule is CC(Sc1nnc2ccccn12)c1ccccc1Cl. The van der Waals surface area contributed by atoms with Gasteiger partial charge in [-0.3, -0.25) is 4.40 Å². The largest absolute Gasteiger partial charge is 0.277 e. The molecular weight excluding hydrogens is 278 g/mol. The smallest absolute Gasteiger partial charge is 0.196 e. The lowest BCUT2D eigenvalue weighted by Gasteiger charge is -2.11. The quantitative estimate of drug-likeness (QED) is 0.676. The Labute approximate surface area is 120 Å². The summed E-state index contributed by atoms with van der Waals surface area (Å²) in [6, 6.07) is 13.8. The molecule has 0 saturated heterocycles. The monoisotopic (exact) mass is 289 g/mol. The Hall–Kier alpha value is -1.52. The van der Waals surface area contributed by atoms with E-state index in [0.717, 1.165) is 21.4 Å². The number of fused-ring (bicyclic) bond motifs is 1. The van der Waals surface area contributed by atoms with Crippen LogP contribution < -0.4 is 0 Å². The molecule has 0 spiro atoms. The number of hydrogen-bond acceptors (Lipinski definition) is 3. The maximum Gasteiger partial charge on any atom is 0.196 e. The molecule has 0 fully saturated rings. The molecule has 0 bridgehead atoms. The van der Waals surface area contributed by atoms with Crippen LogP contribution in [-0.4, -0.2) is 14.6 Å². The zero-order valence-corrected chi connectivity index (χ0v) is 11.9. The van der Waals surface area contributed by atoms with Crippen molar-refractivity contribution in [1.82, 2.24) is 14.6 Å². The minimum Gasteiger partial charge on any atom is -0.277 e. The summed E-state index contributed by atoms with van der Waals surface area (Å²) in [6.45, 7) is 2.12. The predicted molar refractivity (Wildman–Crippen MR) is 78.7 cm³/mol. The van der Waals surface area contributed by atoms with Crippen molar-refractivity contribution in [3.63, 3.8) is 0 Å². The topological polar surface area (TPSA) is 30.2 Å². The van der Waals surface area contributed by atoms with Gasteiger partial charge in [0.25, 0.3) is 0 Å². The van der Waals surface area contributed by atoms with Gasteiger partial charge in [0.05, 0.1) is 0 Å².